The molecule has 6 heteroatoms. The van der Waals surface area contributed by atoms with E-state index in [1.165, 1.54) is 12.1 Å². The van der Waals surface area contributed by atoms with Gasteiger partial charge in [-0.25, -0.2) is 13.6 Å². The topological polar surface area (TPSA) is 35.6 Å². The molecule has 5 rings (SSSR count). The smallest absolute Gasteiger partial charge is 0.317 e. The van der Waals surface area contributed by atoms with E-state index in [1.807, 2.05) is 12.1 Å². The van der Waals surface area contributed by atoms with Crippen LogP contribution in [0, 0.1) is 11.2 Å². The molecule has 2 heterocycles. The number of carbonyl (C=O) groups is 1. The first kappa shape index (κ1) is 13.7. The Morgan fingerprint density at radius 3 is 2.30 bits per heavy atom. The zero-order chi connectivity index (χ0) is 15.9. The molecule has 2 aliphatic carbocycles. The number of amides is 2. The number of hydrogen-bond acceptors (Lipinski definition) is 2. The molecule has 0 radical (unpaired) electrons. The highest BCUT2D eigenvalue weighted by Crippen LogP contribution is 2.73. The molecule has 2 aliphatic heterocycles. The first-order chi connectivity index (χ1) is 10.9. The van der Waals surface area contributed by atoms with Crippen molar-refractivity contribution >= 4 is 6.03 Å². The Hall–Kier alpha value is -1.69. The monoisotopic (exact) mass is 319 g/mol. The van der Waals surface area contributed by atoms with Gasteiger partial charge in [-0.1, -0.05) is 12.1 Å². The van der Waals surface area contributed by atoms with Gasteiger partial charge < -0.3 is 10.2 Å². The predicted octanol–water partition coefficient (Wildman–Crippen LogP) is 1.91. The summed E-state index contributed by atoms with van der Waals surface area (Å²) in [6.45, 7) is 4.27. The maximum Gasteiger partial charge on any atom is 0.317 e. The van der Waals surface area contributed by atoms with Gasteiger partial charge in [0.1, 0.15) is 11.5 Å². The maximum absolute atomic E-state index is 13.5. The number of likely N-dealkylation sites (tertiary alicyclic amines) is 2. The van der Waals surface area contributed by atoms with E-state index in [0.29, 0.717) is 12.8 Å². The summed E-state index contributed by atoms with van der Waals surface area (Å²) in [5, 5.41) is 2.85. The number of carbonyl (C=O) groups excluding carboxylic acids is 1. The summed E-state index contributed by atoms with van der Waals surface area (Å²) in [4.78, 5) is 16.2. The lowest BCUT2D eigenvalue weighted by Gasteiger charge is -2.60. The van der Waals surface area contributed by atoms with Crippen LogP contribution in [0.3, 0.4) is 0 Å². The van der Waals surface area contributed by atoms with Crippen molar-refractivity contribution < 1.29 is 13.6 Å². The van der Waals surface area contributed by atoms with Crippen LogP contribution in [0.4, 0.5) is 13.6 Å². The van der Waals surface area contributed by atoms with Crippen molar-refractivity contribution in [1.82, 2.24) is 15.1 Å². The average Bonchev–Trinajstić information content (AvgIpc) is 3.16. The van der Waals surface area contributed by atoms with Gasteiger partial charge in [-0.05, 0) is 17.7 Å². The number of urea groups is 1. The molecular formula is C17H19F2N3O. The van der Waals surface area contributed by atoms with Gasteiger partial charge in [0.2, 0.25) is 0 Å². The lowest BCUT2D eigenvalue weighted by Crippen LogP contribution is -2.73. The highest BCUT2D eigenvalue weighted by molar-refractivity contribution is 5.79. The summed E-state index contributed by atoms with van der Waals surface area (Å²) in [5.41, 5.74) is -0.250. The molecule has 0 bridgehead atoms. The molecule has 4 aliphatic rings. The number of hydrogen-bond donors (Lipinski definition) is 1. The molecule has 0 aromatic heterocycles. The Balaban J connectivity index is 1.09. The Bertz CT molecular complexity index is 670. The SMILES string of the molecule is O=C(NC12CC1(F)C2)N1CC2(CN(Cc3ccc(F)cc3)C2)C1. The van der Waals surface area contributed by atoms with Gasteiger partial charge in [0, 0.05) is 51.0 Å². The molecule has 1 aromatic rings. The molecule has 2 saturated carbocycles. The van der Waals surface area contributed by atoms with Crippen molar-refractivity contribution in [3.05, 3.63) is 35.6 Å². The van der Waals surface area contributed by atoms with Crippen LogP contribution in [0.2, 0.25) is 0 Å². The third-order valence-electron chi connectivity index (χ3n) is 5.90. The summed E-state index contributed by atoms with van der Waals surface area (Å²) < 4.78 is 26.4. The molecule has 4 fully saturated rings. The molecule has 2 saturated heterocycles. The Morgan fingerprint density at radius 2 is 1.74 bits per heavy atom. The molecule has 0 atom stereocenters. The van der Waals surface area contributed by atoms with Crippen molar-refractivity contribution in [2.75, 3.05) is 26.2 Å². The zero-order valence-corrected chi connectivity index (χ0v) is 12.8. The van der Waals surface area contributed by atoms with E-state index in [0.717, 1.165) is 38.3 Å². The van der Waals surface area contributed by atoms with Crippen LogP contribution in [0.5, 0.6) is 0 Å². The van der Waals surface area contributed by atoms with Crippen molar-refractivity contribution in [2.45, 2.75) is 30.6 Å². The van der Waals surface area contributed by atoms with Crippen molar-refractivity contribution in [2.24, 2.45) is 5.41 Å². The van der Waals surface area contributed by atoms with Crippen LogP contribution in [-0.4, -0.2) is 53.2 Å². The molecular weight excluding hydrogens is 300 g/mol. The van der Waals surface area contributed by atoms with Gasteiger partial charge in [0.25, 0.3) is 0 Å². The van der Waals surface area contributed by atoms with Crippen molar-refractivity contribution in [3.8, 4) is 0 Å². The predicted molar refractivity (Wildman–Crippen MR) is 80.0 cm³/mol. The van der Waals surface area contributed by atoms with Gasteiger partial charge in [-0.2, -0.15) is 0 Å². The Kier molecular flexibility index (Phi) is 2.41. The molecule has 1 aromatic carbocycles. The molecule has 1 N–H and O–H groups in total. The minimum absolute atomic E-state index is 0.107. The fourth-order valence-corrected chi connectivity index (χ4v) is 4.27. The first-order valence-corrected chi connectivity index (χ1v) is 8.14. The fraction of sp³-hybridized carbons (Fsp3) is 0.588. The Morgan fingerprint density at radius 1 is 1.13 bits per heavy atom. The second-order valence-corrected chi connectivity index (χ2v) is 7.96. The molecule has 2 amide bonds. The van der Waals surface area contributed by atoms with Gasteiger partial charge in [0.05, 0.1) is 5.54 Å². The summed E-state index contributed by atoms with van der Waals surface area (Å²) >= 11 is 0. The number of benzene rings is 1. The number of fused-ring (bicyclic) bond motifs is 1. The highest BCUT2D eigenvalue weighted by atomic mass is 19.1. The standard InChI is InChI=1S/C17H19F2N3O/c18-13-3-1-12(2-4-13)5-21-8-15(9-21)10-22(11-15)14(23)20-17-6-16(17,19)7-17/h1-4H,5-11H2,(H,20,23). The molecule has 4 nitrogen and oxygen atoms in total. The third kappa shape index (κ3) is 2.00. The molecule has 23 heavy (non-hydrogen) atoms. The summed E-state index contributed by atoms with van der Waals surface area (Å²) in [6.07, 6.45) is 0.992. The quantitative estimate of drug-likeness (QED) is 0.924. The second-order valence-electron chi connectivity index (χ2n) is 7.96. The number of nitrogens with zero attached hydrogens (tertiary/aromatic N) is 2. The summed E-state index contributed by atoms with van der Waals surface area (Å²) in [6, 6.07) is 6.49. The second kappa shape index (κ2) is 4.04. The van der Waals surface area contributed by atoms with Crippen LogP contribution in [0.25, 0.3) is 0 Å². The molecule has 0 unspecified atom stereocenters. The largest absolute Gasteiger partial charge is 0.329 e. The average molecular weight is 319 g/mol. The van der Waals surface area contributed by atoms with Crippen molar-refractivity contribution in [1.29, 1.82) is 0 Å². The van der Waals surface area contributed by atoms with Crippen LogP contribution in [0.15, 0.2) is 24.3 Å². The fourth-order valence-electron chi connectivity index (χ4n) is 4.27. The van der Waals surface area contributed by atoms with E-state index >= 15 is 0 Å². The van der Waals surface area contributed by atoms with E-state index in [9.17, 15) is 13.6 Å². The maximum atomic E-state index is 13.5. The van der Waals surface area contributed by atoms with Gasteiger partial charge in [0.15, 0.2) is 0 Å². The van der Waals surface area contributed by atoms with Crippen LogP contribution in [0.1, 0.15) is 18.4 Å². The number of rotatable bonds is 3. The normalized spacial score (nSPS) is 36.0. The van der Waals surface area contributed by atoms with E-state index in [4.69, 9.17) is 0 Å². The van der Waals surface area contributed by atoms with Gasteiger partial charge >= 0.3 is 6.03 Å². The van der Waals surface area contributed by atoms with Crippen LogP contribution >= 0.6 is 0 Å². The van der Waals surface area contributed by atoms with E-state index in [2.05, 4.69) is 10.2 Å². The summed E-state index contributed by atoms with van der Waals surface area (Å²) in [5.74, 6) is -0.211. The van der Waals surface area contributed by atoms with Crippen molar-refractivity contribution in [3.63, 3.8) is 0 Å². The molecule has 1 spiro atoms. The Labute approximate surface area is 133 Å². The van der Waals surface area contributed by atoms with E-state index < -0.39 is 11.2 Å². The lowest BCUT2D eigenvalue weighted by atomic mass is 9.73. The van der Waals surface area contributed by atoms with Crippen LogP contribution in [-0.2, 0) is 6.54 Å². The number of nitrogens with one attached hydrogen (secondary N) is 1. The summed E-state index contributed by atoms with van der Waals surface area (Å²) in [7, 11) is 0. The highest BCUT2D eigenvalue weighted by Gasteiger charge is 2.86. The van der Waals surface area contributed by atoms with E-state index in [-0.39, 0.29) is 17.3 Å². The van der Waals surface area contributed by atoms with Crippen LogP contribution < -0.4 is 5.32 Å². The lowest BCUT2D eigenvalue weighted by molar-refractivity contribution is -0.0984. The minimum Gasteiger partial charge on any atom is -0.329 e. The van der Waals surface area contributed by atoms with Gasteiger partial charge in [-0.3, -0.25) is 4.90 Å². The molecule has 122 valence electrons. The van der Waals surface area contributed by atoms with E-state index in [1.54, 1.807) is 4.90 Å². The zero-order valence-electron chi connectivity index (χ0n) is 12.8. The number of alkyl halides is 1. The number of halogens is 2. The third-order valence-corrected chi connectivity index (χ3v) is 5.90. The van der Waals surface area contributed by atoms with Gasteiger partial charge in [-0.15, -0.1) is 0 Å². The first-order valence-electron chi connectivity index (χ1n) is 8.14. The minimum atomic E-state index is -1.08.